The largest absolute Gasteiger partial charge is 0.381 e. The maximum atomic E-state index is 13.7. The summed E-state index contributed by atoms with van der Waals surface area (Å²) in [5.74, 6) is 0.946. The summed E-state index contributed by atoms with van der Waals surface area (Å²) < 4.78 is 35.6. The quantitative estimate of drug-likeness (QED) is 0.545. The fourth-order valence-electron chi connectivity index (χ4n) is 5.32. The van der Waals surface area contributed by atoms with E-state index in [9.17, 15) is 13.6 Å². The summed E-state index contributed by atoms with van der Waals surface area (Å²) in [7, 11) is 0. The predicted octanol–water partition coefficient (Wildman–Crippen LogP) is 5.31. The van der Waals surface area contributed by atoms with Crippen molar-refractivity contribution >= 4 is 33.3 Å². The van der Waals surface area contributed by atoms with Crippen LogP contribution in [-0.4, -0.2) is 46.9 Å². The van der Waals surface area contributed by atoms with Crippen LogP contribution >= 0.6 is 15.9 Å². The van der Waals surface area contributed by atoms with Gasteiger partial charge in [0.15, 0.2) is 5.82 Å². The summed E-state index contributed by atoms with van der Waals surface area (Å²) in [6, 6.07) is 3.71. The Bertz CT molecular complexity index is 1050. The Morgan fingerprint density at radius 3 is 2.76 bits per heavy atom. The molecule has 9 heteroatoms. The molecule has 4 heterocycles. The number of alkyl halides is 2. The van der Waals surface area contributed by atoms with Crippen LogP contribution in [0.25, 0.3) is 0 Å². The number of aryl methyl sites for hydroxylation is 1. The molecule has 2 aromatic rings. The standard InChI is InChI=1S/C24H29BrF2N4O2/c1-2-22(32)29-9-5-20-18(14-29)24(28-31(20)16-6-10-33-11-7-16)30-8-3-4-15-12-19(25)17(23(26)27)13-21(15)30/h12-13,16,23H,2-11,14H2,1H3. The molecule has 33 heavy (non-hydrogen) atoms. The monoisotopic (exact) mass is 522 g/mol. The lowest BCUT2D eigenvalue weighted by Crippen LogP contribution is -2.37. The Hall–Kier alpha value is -2.00. The maximum Gasteiger partial charge on any atom is 0.265 e. The molecule has 0 spiro atoms. The third-order valence-corrected chi connectivity index (χ3v) is 7.75. The molecular formula is C24H29BrF2N4O2. The Morgan fingerprint density at radius 1 is 1.24 bits per heavy atom. The molecule has 0 saturated carbocycles. The number of rotatable bonds is 4. The number of aromatic nitrogens is 2. The van der Waals surface area contributed by atoms with Gasteiger partial charge in [-0.2, -0.15) is 5.10 Å². The Kier molecular flexibility index (Phi) is 6.44. The average Bonchev–Trinajstić information content (AvgIpc) is 3.21. The van der Waals surface area contributed by atoms with Crippen molar-refractivity contribution < 1.29 is 18.3 Å². The molecule has 3 aliphatic rings. The minimum atomic E-state index is -2.56. The van der Waals surface area contributed by atoms with Gasteiger partial charge in [0.25, 0.3) is 6.43 Å². The number of halogens is 3. The number of carbonyl (C=O) groups is 1. The van der Waals surface area contributed by atoms with E-state index in [0.29, 0.717) is 37.2 Å². The number of carbonyl (C=O) groups excluding carboxylic acids is 1. The van der Waals surface area contributed by atoms with Gasteiger partial charge in [0.05, 0.1) is 12.6 Å². The lowest BCUT2D eigenvalue weighted by Gasteiger charge is -2.33. The molecule has 1 fully saturated rings. The van der Waals surface area contributed by atoms with E-state index in [-0.39, 0.29) is 17.5 Å². The molecule has 1 aromatic carbocycles. The van der Waals surface area contributed by atoms with E-state index in [1.54, 1.807) is 6.07 Å². The van der Waals surface area contributed by atoms with Crippen molar-refractivity contribution in [2.24, 2.45) is 0 Å². The van der Waals surface area contributed by atoms with Crippen molar-refractivity contribution in [3.8, 4) is 0 Å². The van der Waals surface area contributed by atoms with E-state index in [0.717, 1.165) is 61.3 Å². The van der Waals surface area contributed by atoms with Gasteiger partial charge in [0, 0.05) is 66.1 Å². The van der Waals surface area contributed by atoms with Gasteiger partial charge in [-0.25, -0.2) is 8.78 Å². The third-order valence-electron chi connectivity index (χ3n) is 7.06. The summed E-state index contributed by atoms with van der Waals surface area (Å²) in [5, 5.41) is 5.10. The van der Waals surface area contributed by atoms with Crippen LogP contribution in [0.4, 0.5) is 20.3 Å². The van der Waals surface area contributed by atoms with Crippen LogP contribution in [0.3, 0.4) is 0 Å². The van der Waals surface area contributed by atoms with Crippen molar-refractivity contribution in [2.45, 2.75) is 64.5 Å². The number of amides is 1. The van der Waals surface area contributed by atoms with E-state index >= 15 is 0 Å². The molecule has 0 N–H and O–H groups in total. The summed E-state index contributed by atoms with van der Waals surface area (Å²) >= 11 is 3.33. The van der Waals surface area contributed by atoms with Gasteiger partial charge in [0.1, 0.15) is 0 Å². The first-order valence-corrected chi connectivity index (χ1v) is 12.6. The summed E-state index contributed by atoms with van der Waals surface area (Å²) in [4.78, 5) is 16.5. The molecule has 0 aliphatic carbocycles. The van der Waals surface area contributed by atoms with Crippen molar-refractivity contribution in [1.29, 1.82) is 0 Å². The first kappa shape index (κ1) is 22.8. The summed E-state index contributed by atoms with van der Waals surface area (Å²) in [5.41, 5.74) is 4.09. The highest BCUT2D eigenvalue weighted by Crippen LogP contribution is 2.42. The van der Waals surface area contributed by atoms with Crippen LogP contribution in [-0.2, 0) is 28.9 Å². The lowest BCUT2D eigenvalue weighted by molar-refractivity contribution is -0.131. The third kappa shape index (κ3) is 4.18. The Balaban J connectivity index is 1.61. The topological polar surface area (TPSA) is 50.6 Å². The number of benzene rings is 1. The number of anilines is 2. The zero-order chi connectivity index (χ0) is 23.1. The van der Waals surface area contributed by atoms with Crippen LogP contribution in [0.2, 0.25) is 0 Å². The van der Waals surface area contributed by atoms with Crippen molar-refractivity contribution in [2.75, 3.05) is 31.2 Å². The van der Waals surface area contributed by atoms with Gasteiger partial charge in [0.2, 0.25) is 5.91 Å². The van der Waals surface area contributed by atoms with Gasteiger partial charge < -0.3 is 14.5 Å². The van der Waals surface area contributed by atoms with Gasteiger partial charge in [-0.1, -0.05) is 22.9 Å². The second kappa shape index (κ2) is 9.33. The van der Waals surface area contributed by atoms with E-state index in [2.05, 4.69) is 25.5 Å². The fraction of sp³-hybridized carbons (Fsp3) is 0.583. The van der Waals surface area contributed by atoms with Crippen molar-refractivity contribution in [1.82, 2.24) is 14.7 Å². The SMILES string of the molecule is CCC(=O)N1CCc2c(c(N3CCCc4cc(Br)c(C(F)F)cc43)nn2C2CCOCC2)C1. The van der Waals surface area contributed by atoms with Crippen LogP contribution in [0.15, 0.2) is 16.6 Å². The molecule has 6 nitrogen and oxygen atoms in total. The van der Waals surface area contributed by atoms with E-state index in [1.165, 1.54) is 5.69 Å². The van der Waals surface area contributed by atoms with Crippen LogP contribution in [0, 0.1) is 0 Å². The molecule has 1 amide bonds. The number of fused-ring (bicyclic) bond motifs is 2. The molecule has 1 saturated heterocycles. The average molecular weight is 523 g/mol. The molecule has 0 radical (unpaired) electrons. The maximum absolute atomic E-state index is 13.7. The summed E-state index contributed by atoms with van der Waals surface area (Å²) in [6.45, 7) is 5.24. The predicted molar refractivity (Wildman–Crippen MR) is 125 cm³/mol. The zero-order valence-electron chi connectivity index (χ0n) is 18.8. The first-order chi connectivity index (χ1) is 16.0. The highest BCUT2D eigenvalue weighted by atomic mass is 79.9. The van der Waals surface area contributed by atoms with E-state index < -0.39 is 6.43 Å². The molecule has 5 rings (SSSR count). The highest BCUT2D eigenvalue weighted by Gasteiger charge is 2.34. The molecule has 0 unspecified atom stereocenters. The second-order valence-corrected chi connectivity index (χ2v) is 9.87. The van der Waals surface area contributed by atoms with Crippen molar-refractivity contribution in [3.05, 3.63) is 39.0 Å². The molecule has 0 bridgehead atoms. The summed E-state index contributed by atoms with van der Waals surface area (Å²) in [6.07, 6.45) is 2.25. The van der Waals surface area contributed by atoms with Gasteiger partial charge >= 0.3 is 0 Å². The fourth-order valence-corrected chi connectivity index (χ4v) is 5.88. The minimum absolute atomic E-state index is 0.00108. The van der Waals surface area contributed by atoms with Gasteiger partial charge in [-0.15, -0.1) is 0 Å². The van der Waals surface area contributed by atoms with Gasteiger partial charge in [-0.05, 0) is 43.4 Å². The van der Waals surface area contributed by atoms with Crippen LogP contribution in [0.1, 0.15) is 67.5 Å². The lowest BCUT2D eigenvalue weighted by atomic mass is 9.98. The smallest absolute Gasteiger partial charge is 0.265 e. The second-order valence-electron chi connectivity index (χ2n) is 9.01. The molecule has 0 atom stereocenters. The molecule has 3 aliphatic heterocycles. The highest BCUT2D eigenvalue weighted by molar-refractivity contribution is 9.10. The minimum Gasteiger partial charge on any atom is -0.381 e. The molecule has 1 aromatic heterocycles. The van der Waals surface area contributed by atoms with Gasteiger partial charge in [-0.3, -0.25) is 9.48 Å². The number of nitrogens with zero attached hydrogens (tertiary/aromatic N) is 4. The first-order valence-electron chi connectivity index (χ1n) is 11.8. The Labute approximate surface area is 201 Å². The number of ether oxygens (including phenoxy) is 1. The molecular weight excluding hydrogens is 494 g/mol. The normalized spacial score (nSPS) is 19.1. The number of hydrogen-bond donors (Lipinski definition) is 0. The zero-order valence-corrected chi connectivity index (χ0v) is 20.4. The van der Waals surface area contributed by atoms with Crippen molar-refractivity contribution in [3.63, 3.8) is 0 Å². The number of hydrogen-bond acceptors (Lipinski definition) is 4. The van der Waals surface area contributed by atoms with Crippen LogP contribution < -0.4 is 4.90 Å². The van der Waals surface area contributed by atoms with E-state index in [4.69, 9.17) is 9.84 Å². The van der Waals surface area contributed by atoms with Crippen LogP contribution in [0.5, 0.6) is 0 Å². The van der Waals surface area contributed by atoms with E-state index in [1.807, 2.05) is 17.9 Å². The Morgan fingerprint density at radius 2 is 2.03 bits per heavy atom. The molecule has 178 valence electrons.